The van der Waals surface area contributed by atoms with Gasteiger partial charge in [0.1, 0.15) is 11.6 Å². The molecule has 0 aliphatic heterocycles. The molecule has 0 heterocycles. The van der Waals surface area contributed by atoms with Gasteiger partial charge < -0.3 is 10.5 Å². The zero-order valence-electron chi connectivity index (χ0n) is 9.28. The predicted octanol–water partition coefficient (Wildman–Crippen LogP) is 3.66. The molecule has 18 heavy (non-hydrogen) atoms. The van der Waals surface area contributed by atoms with E-state index in [1.54, 1.807) is 36.4 Å². The number of benzene rings is 2. The number of amidine groups is 1. The number of nitrogens with one attached hydrogen (secondary N) is 1. The lowest BCUT2D eigenvalue weighted by molar-refractivity contribution is 0.440. The number of nitrogens with two attached hydrogens (primary N) is 1. The number of nitrogen functional groups attached to an aromatic ring is 1. The molecule has 0 amide bonds. The second-order valence-electron chi connectivity index (χ2n) is 3.59. The molecule has 92 valence electrons. The molecule has 0 spiro atoms. The molecule has 3 nitrogen and oxygen atoms in total. The fourth-order valence-electron chi connectivity index (χ4n) is 1.40. The van der Waals surface area contributed by atoms with Crippen molar-refractivity contribution < 1.29 is 9.13 Å². The van der Waals surface area contributed by atoms with Crippen LogP contribution < -0.4 is 10.5 Å². The molecule has 3 N–H and O–H groups in total. The minimum Gasteiger partial charge on any atom is -0.453 e. The number of halogens is 2. The molecule has 0 bridgehead atoms. The van der Waals surface area contributed by atoms with Crippen molar-refractivity contribution in [3.05, 3.63) is 58.3 Å². The van der Waals surface area contributed by atoms with E-state index in [0.717, 1.165) is 0 Å². The van der Waals surface area contributed by atoms with E-state index in [9.17, 15) is 4.39 Å². The first-order valence-corrected chi connectivity index (χ1v) is 5.93. The highest BCUT2D eigenvalue weighted by atomic mass is 79.9. The summed E-state index contributed by atoms with van der Waals surface area (Å²) in [5.74, 6) is 0.145. The van der Waals surface area contributed by atoms with E-state index in [0.29, 0.717) is 15.8 Å². The summed E-state index contributed by atoms with van der Waals surface area (Å²) in [6.45, 7) is 0. The van der Waals surface area contributed by atoms with E-state index in [-0.39, 0.29) is 11.6 Å². The van der Waals surface area contributed by atoms with Crippen LogP contribution in [0.3, 0.4) is 0 Å². The summed E-state index contributed by atoms with van der Waals surface area (Å²) in [4.78, 5) is 0. The average molecular weight is 309 g/mol. The first kappa shape index (κ1) is 12.6. The number of ether oxygens (including phenoxy) is 1. The van der Waals surface area contributed by atoms with Gasteiger partial charge in [-0.15, -0.1) is 0 Å². The molecule has 0 fully saturated rings. The molecule has 0 aliphatic rings. The van der Waals surface area contributed by atoms with Crippen molar-refractivity contribution in [3.63, 3.8) is 0 Å². The maximum absolute atomic E-state index is 13.4. The lowest BCUT2D eigenvalue weighted by atomic mass is 10.2. The Morgan fingerprint density at radius 1 is 1.17 bits per heavy atom. The molecule has 2 rings (SSSR count). The zero-order chi connectivity index (χ0) is 13.1. The van der Waals surface area contributed by atoms with E-state index in [1.165, 1.54) is 6.07 Å². The number of hydrogen-bond acceptors (Lipinski definition) is 2. The topological polar surface area (TPSA) is 59.1 Å². The van der Waals surface area contributed by atoms with Crippen LogP contribution in [0.4, 0.5) is 4.39 Å². The third kappa shape index (κ3) is 2.68. The number of para-hydroxylation sites is 1. The third-order valence-electron chi connectivity index (χ3n) is 2.30. The van der Waals surface area contributed by atoms with Crippen LogP contribution >= 0.6 is 15.9 Å². The van der Waals surface area contributed by atoms with Gasteiger partial charge in [-0.1, -0.05) is 12.1 Å². The smallest absolute Gasteiger partial charge is 0.165 e. The molecule has 0 atom stereocenters. The maximum atomic E-state index is 13.4. The van der Waals surface area contributed by atoms with Crippen LogP contribution in [0.1, 0.15) is 5.56 Å². The van der Waals surface area contributed by atoms with E-state index >= 15 is 0 Å². The van der Waals surface area contributed by atoms with Gasteiger partial charge in [0.2, 0.25) is 0 Å². The van der Waals surface area contributed by atoms with Crippen LogP contribution in [-0.4, -0.2) is 5.84 Å². The van der Waals surface area contributed by atoms with Crippen molar-refractivity contribution in [3.8, 4) is 11.5 Å². The summed E-state index contributed by atoms with van der Waals surface area (Å²) in [5.41, 5.74) is 5.94. The standard InChI is InChI=1S/C13H10BrFN2O/c14-9-7-8(13(16)17)5-6-11(9)18-12-4-2-1-3-10(12)15/h1-7H,(H3,16,17). The van der Waals surface area contributed by atoms with Gasteiger partial charge in [0.05, 0.1) is 4.47 Å². The Morgan fingerprint density at radius 3 is 2.50 bits per heavy atom. The SMILES string of the molecule is N=C(N)c1ccc(Oc2ccccc2F)c(Br)c1. The molecule has 0 aromatic heterocycles. The molecule has 0 saturated heterocycles. The largest absolute Gasteiger partial charge is 0.453 e. The van der Waals surface area contributed by atoms with Crippen molar-refractivity contribution in [2.45, 2.75) is 0 Å². The molecule has 5 heteroatoms. The monoisotopic (exact) mass is 308 g/mol. The van der Waals surface area contributed by atoms with Gasteiger partial charge in [-0.2, -0.15) is 0 Å². The van der Waals surface area contributed by atoms with Crippen LogP contribution in [-0.2, 0) is 0 Å². The third-order valence-corrected chi connectivity index (χ3v) is 2.92. The van der Waals surface area contributed by atoms with Crippen molar-refractivity contribution in [1.29, 1.82) is 5.41 Å². The highest BCUT2D eigenvalue weighted by molar-refractivity contribution is 9.10. The Hall–Kier alpha value is -1.88. The molecular formula is C13H10BrFN2O. The van der Waals surface area contributed by atoms with Gasteiger partial charge in [-0.3, -0.25) is 5.41 Å². The van der Waals surface area contributed by atoms with E-state index < -0.39 is 5.82 Å². The molecule has 2 aromatic carbocycles. The van der Waals surface area contributed by atoms with Gasteiger partial charge in [0.15, 0.2) is 11.6 Å². The molecule has 0 aliphatic carbocycles. The molecular weight excluding hydrogens is 299 g/mol. The normalized spacial score (nSPS) is 10.1. The van der Waals surface area contributed by atoms with Crippen LogP contribution in [0.15, 0.2) is 46.9 Å². The highest BCUT2D eigenvalue weighted by Gasteiger charge is 2.08. The van der Waals surface area contributed by atoms with Crippen LogP contribution in [0.25, 0.3) is 0 Å². The first-order chi connectivity index (χ1) is 8.58. The second-order valence-corrected chi connectivity index (χ2v) is 4.45. The Morgan fingerprint density at radius 2 is 1.89 bits per heavy atom. The quantitative estimate of drug-likeness (QED) is 0.671. The lowest BCUT2D eigenvalue weighted by Crippen LogP contribution is -2.10. The first-order valence-electron chi connectivity index (χ1n) is 5.14. The second kappa shape index (κ2) is 5.18. The lowest BCUT2D eigenvalue weighted by Gasteiger charge is -2.09. The fraction of sp³-hybridized carbons (Fsp3) is 0. The minimum atomic E-state index is -0.431. The summed E-state index contributed by atoms with van der Waals surface area (Å²) >= 11 is 3.30. The van der Waals surface area contributed by atoms with Gasteiger partial charge in [0.25, 0.3) is 0 Å². The van der Waals surface area contributed by atoms with Crippen molar-refractivity contribution in [2.75, 3.05) is 0 Å². The Balaban J connectivity index is 2.30. The van der Waals surface area contributed by atoms with Gasteiger partial charge in [-0.25, -0.2) is 4.39 Å². The fourth-order valence-corrected chi connectivity index (χ4v) is 1.86. The van der Waals surface area contributed by atoms with Crippen molar-refractivity contribution in [1.82, 2.24) is 0 Å². The van der Waals surface area contributed by atoms with Gasteiger partial charge in [0, 0.05) is 5.56 Å². The van der Waals surface area contributed by atoms with Crippen molar-refractivity contribution >= 4 is 21.8 Å². The highest BCUT2D eigenvalue weighted by Crippen LogP contribution is 2.31. The number of rotatable bonds is 3. The van der Waals surface area contributed by atoms with Crippen LogP contribution in [0, 0.1) is 11.2 Å². The summed E-state index contributed by atoms with van der Waals surface area (Å²) in [5, 5.41) is 7.31. The van der Waals surface area contributed by atoms with E-state index in [4.69, 9.17) is 15.9 Å². The maximum Gasteiger partial charge on any atom is 0.165 e. The molecule has 0 radical (unpaired) electrons. The van der Waals surface area contributed by atoms with Gasteiger partial charge in [-0.05, 0) is 46.3 Å². The summed E-state index contributed by atoms with van der Waals surface area (Å²) in [7, 11) is 0. The van der Waals surface area contributed by atoms with E-state index in [1.807, 2.05) is 0 Å². The molecule has 0 unspecified atom stereocenters. The molecule has 0 saturated carbocycles. The molecule has 2 aromatic rings. The minimum absolute atomic E-state index is 0.0341. The van der Waals surface area contributed by atoms with Crippen LogP contribution in [0.2, 0.25) is 0 Å². The average Bonchev–Trinajstić information content (AvgIpc) is 2.34. The number of hydrogen-bond donors (Lipinski definition) is 2. The van der Waals surface area contributed by atoms with Gasteiger partial charge >= 0.3 is 0 Å². The summed E-state index contributed by atoms with van der Waals surface area (Å²) in [6, 6.07) is 11.1. The van der Waals surface area contributed by atoms with Crippen molar-refractivity contribution in [2.24, 2.45) is 5.73 Å². The summed E-state index contributed by atoms with van der Waals surface area (Å²) < 4.78 is 19.5. The Labute approximate surface area is 112 Å². The van der Waals surface area contributed by atoms with E-state index in [2.05, 4.69) is 15.9 Å². The Bertz CT molecular complexity index is 601. The Kier molecular flexibility index (Phi) is 3.62. The summed E-state index contributed by atoms with van der Waals surface area (Å²) in [6.07, 6.45) is 0. The van der Waals surface area contributed by atoms with Crippen LogP contribution in [0.5, 0.6) is 11.5 Å². The predicted molar refractivity (Wildman–Crippen MR) is 71.6 cm³/mol. The zero-order valence-corrected chi connectivity index (χ0v) is 10.9.